The van der Waals surface area contributed by atoms with Crippen molar-refractivity contribution in [2.45, 2.75) is 6.54 Å². The lowest BCUT2D eigenvalue weighted by atomic mass is 10.3. The highest BCUT2D eigenvalue weighted by molar-refractivity contribution is 5.75. The molecule has 15 heavy (non-hydrogen) atoms. The third-order valence-electron chi connectivity index (χ3n) is 1.85. The molecule has 0 saturated heterocycles. The molecule has 0 aromatic carbocycles. The zero-order valence-electron chi connectivity index (χ0n) is 8.43. The van der Waals surface area contributed by atoms with Gasteiger partial charge in [-0.2, -0.15) is 10.5 Å². The summed E-state index contributed by atoms with van der Waals surface area (Å²) in [5.41, 5.74) is 0.164. The lowest BCUT2D eigenvalue weighted by molar-refractivity contribution is -0.129. The SMILES string of the molecule is CN(C)C(=O)Cn1cnc(C#N)c1C#N. The first-order valence-corrected chi connectivity index (χ1v) is 4.15. The van der Waals surface area contributed by atoms with E-state index in [1.54, 1.807) is 20.2 Å². The van der Waals surface area contributed by atoms with Crippen molar-refractivity contribution >= 4 is 5.91 Å². The summed E-state index contributed by atoms with van der Waals surface area (Å²) in [5.74, 6) is -0.159. The highest BCUT2D eigenvalue weighted by atomic mass is 16.2. The second-order valence-electron chi connectivity index (χ2n) is 3.08. The lowest BCUT2D eigenvalue weighted by Crippen LogP contribution is -2.26. The largest absolute Gasteiger partial charge is 0.347 e. The molecule has 0 aliphatic carbocycles. The number of hydrogen-bond donors (Lipinski definition) is 0. The maximum Gasteiger partial charge on any atom is 0.242 e. The van der Waals surface area contributed by atoms with Crippen LogP contribution in [-0.2, 0) is 11.3 Å². The van der Waals surface area contributed by atoms with E-state index < -0.39 is 0 Å². The molecule has 0 aliphatic rings. The van der Waals surface area contributed by atoms with Crippen LogP contribution in [0.4, 0.5) is 0 Å². The van der Waals surface area contributed by atoms with Gasteiger partial charge < -0.3 is 9.47 Å². The average molecular weight is 203 g/mol. The number of rotatable bonds is 2. The summed E-state index contributed by atoms with van der Waals surface area (Å²) in [7, 11) is 3.24. The van der Waals surface area contributed by atoms with E-state index in [4.69, 9.17) is 10.5 Å². The first-order valence-electron chi connectivity index (χ1n) is 4.15. The van der Waals surface area contributed by atoms with Gasteiger partial charge >= 0.3 is 0 Å². The maximum atomic E-state index is 11.4. The van der Waals surface area contributed by atoms with Gasteiger partial charge in [-0.3, -0.25) is 4.79 Å². The van der Waals surface area contributed by atoms with Crippen molar-refractivity contribution in [3.05, 3.63) is 17.7 Å². The van der Waals surface area contributed by atoms with E-state index in [2.05, 4.69) is 4.98 Å². The van der Waals surface area contributed by atoms with E-state index in [0.717, 1.165) is 0 Å². The molecule has 6 nitrogen and oxygen atoms in total. The zero-order valence-corrected chi connectivity index (χ0v) is 8.43. The van der Waals surface area contributed by atoms with Gasteiger partial charge in [-0.05, 0) is 0 Å². The molecule has 1 aromatic rings. The van der Waals surface area contributed by atoms with Crippen LogP contribution in [-0.4, -0.2) is 34.5 Å². The first kappa shape index (κ1) is 10.7. The molecule has 1 heterocycles. The smallest absolute Gasteiger partial charge is 0.242 e. The van der Waals surface area contributed by atoms with Crippen molar-refractivity contribution in [1.29, 1.82) is 10.5 Å². The number of nitrogens with zero attached hydrogens (tertiary/aromatic N) is 5. The van der Waals surface area contributed by atoms with E-state index in [-0.39, 0.29) is 23.8 Å². The lowest BCUT2D eigenvalue weighted by Gasteiger charge is -2.10. The topological polar surface area (TPSA) is 85.7 Å². The van der Waals surface area contributed by atoms with Gasteiger partial charge in [0.05, 0.1) is 6.33 Å². The summed E-state index contributed by atoms with van der Waals surface area (Å²) < 4.78 is 1.36. The summed E-state index contributed by atoms with van der Waals surface area (Å²) in [4.78, 5) is 16.5. The molecule has 0 radical (unpaired) electrons. The Morgan fingerprint density at radius 2 is 2.20 bits per heavy atom. The maximum absolute atomic E-state index is 11.4. The van der Waals surface area contributed by atoms with Gasteiger partial charge in [-0.15, -0.1) is 0 Å². The van der Waals surface area contributed by atoms with E-state index in [1.807, 2.05) is 6.07 Å². The Kier molecular flexibility index (Phi) is 3.04. The van der Waals surface area contributed by atoms with Crippen molar-refractivity contribution in [3.63, 3.8) is 0 Å². The van der Waals surface area contributed by atoms with Crippen molar-refractivity contribution in [1.82, 2.24) is 14.5 Å². The van der Waals surface area contributed by atoms with Gasteiger partial charge in [0.25, 0.3) is 0 Å². The minimum absolute atomic E-state index is 0.0184. The first-order chi connectivity index (χ1) is 7.10. The molecule has 1 amide bonds. The Bertz CT molecular complexity index is 460. The van der Waals surface area contributed by atoms with Crippen LogP contribution in [0.2, 0.25) is 0 Å². The predicted octanol–water partition coefficient (Wildman–Crippen LogP) is -0.285. The Morgan fingerprint density at radius 1 is 1.53 bits per heavy atom. The van der Waals surface area contributed by atoms with Crippen LogP contribution >= 0.6 is 0 Å². The average Bonchev–Trinajstić information content (AvgIpc) is 2.59. The third kappa shape index (κ3) is 2.12. The second-order valence-corrected chi connectivity index (χ2v) is 3.08. The van der Waals surface area contributed by atoms with E-state index in [1.165, 1.54) is 15.8 Å². The van der Waals surface area contributed by atoms with E-state index in [0.29, 0.717) is 0 Å². The highest BCUT2D eigenvalue weighted by Crippen LogP contribution is 2.04. The van der Waals surface area contributed by atoms with Crippen molar-refractivity contribution in [2.75, 3.05) is 14.1 Å². The molecule has 0 unspecified atom stereocenters. The van der Waals surface area contributed by atoms with Crippen molar-refractivity contribution in [2.24, 2.45) is 0 Å². The molecule has 0 bridgehead atoms. The van der Waals surface area contributed by atoms with Gasteiger partial charge in [-0.1, -0.05) is 0 Å². The normalized spacial score (nSPS) is 9.07. The fraction of sp³-hybridized carbons (Fsp3) is 0.333. The van der Waals surface area contributed by atoms with Gasteiger partial charge in [0.1, 0.15) is 18.7 Å². The minimum Gasteiger partial charge on any atom is -0.347 e. The molecular weight excluding hydrogens is 194 g/mol. The molecule has 6 heteroatoms. The Labute approximate surface area is 87.0 Å². The molecule has 1 rings (SSSR count). The summed E-state index contributed by atoms with van der Waals surface area (Å²) in [6.07, 6.45) is 1.32. The Morgan fingerprint density at radius 3 is 2.67 bits per heavy atom. The van der Waals surface area contributed by atoms with Crippen LogP contribution in [0.25, 0.3) is 0 Å². The molecule has 76 valence electrons. The Balaban J connectivity index is 2.98. The fourth-order valence-electron chi connectivity index (χ4n) is 0.988. The van der Waals surface area contributed by atoms with Crippen molar-refractivity contribution in [3.8, 4) is 12.1 Å². The molecule has 0 aliphatic heterocycles. The van der Waals surface area contributed by atoms with Crippen LogP contribution in [0.3, 0.4) is 0 Å². The molecule has 0 spiro atoms. The fourth-order valence-corrected chi connectivity index (χ4v) is 0.988. The van der Waals surface area contributed by atoms with Crippen LogP contribution < -0.4 is 0 Å². The van der Waals surface area contributed by atoms with Gasteiger partial charge in [-0.25, -0.2) is 4.98 Å². The summed E-state index contributed by atoms with van der Waals surface area (Å²) in [6, 6.07) is 3.64. The summed E-state index contributed by atoms with van der Waals surface area (Å²) in [6.45, 7) is 0.0184. The number of nitriles is 2. The van der Waals surface area contributed by atoms with Crippen LogP contribution in [0.15, 0.2) is 6.33 Å². The Hall–Kier alpha value is -2.34. The van der Waals surface area contributed by atoms with Crippen LogP contribution in [0, 0.1) is 22.7 Å². The minimum atomic E-state index is -0.159. The number of carbonyl (C=O) groups excluding carboxylic acids is 1. The van der Waals surface area contributed by atoms with Crippen LogP contribution in [0.5, 0.6) is 0 Å². The van der Waals surface area contributed by atoms with Gasteiger partial charge in [0.15, 0.2) is 11.4 Å². The van der Waals surface area contributed by atoms with E-state index >= 15 is 0 Å². The molecule has 1 aromatic heterocycles. The predicted molar refractivity (Wildman–Crippen MR) is 50.4 cm³/mol. The number of likely N-dealkylation sites (N-methyl/N-ethyl adjacent to an activating group) is 1. The monoisotopic (exact) mass is 203 g/mol. The summed E-state index contributed by atoms with van der Waals surface area (Å²) >= 11 is 0. The quantitative estimate of drug-likeness (QED) is 0.661. The third-order valence-corrected chi connectivity index (χ3v) is 1.85. The molecule has 0 N–H and O–H groups in total. The standard InChI is InChI=1S/C9H9N5O/c1-13(2)9(15)5-14-6-12-7(3-10)8(14)4-11/h6H,5H2,1-2H3. The summed E-state index contributed by atoms with van der Waals surface area (Å²) in [5, 5.41) is 17.4. The molecular formula is C9H9N5O. The number of imidazole rings is 1. The molecule has 0 fully saturated rings. The second kappa shape index (κ2) is 4.25. The number of aromatic nitrogens is 2. The highest BCUT2D eigenvalue weighted by Gasteiger charge is 2.13. The van der Waals surface area contributed by atoms with E-state index in [9.17, 15) is 4.79 Å². The molecule has 0 atom stereocenters. The van der Waals surface area contributed by atoms with Crippen LogP contribution in [0.1, 0.15) is 11.4 Å². The van der Waals surface area contributed by atoms with Crippen molar-refractivity contribution < 1.29 is 4.79 Å². The van der Waals surface area contributed by atoms with Gasteiger partial charge in [0.2, 0.25) is 5.91 Å². The van der Waals surface area contributed by atoms with Gasteiger partial charge in [0, 0.05) is 14.1 Å². The number of amides is 1. The number of carbonyl (C=O) groups is 1. The molecule has 0 saturated carbocycles. The zero-order chi connectivity index (χ0) is 11.4. The number of hydrogen-bond acceptors (Lipinski definition) is 4.